The molecule has 0 radical (unpaired) electrons. The van der Waals surface area contributed by atoms with Gasteiger partial charge >= 0.3 is 0 Å². The van der Waals surface area contributed by atoms with Gasteiger partial charge in [0.05, 0.1) is 6.20 Å². The minimum absolute atomic E-state index is 0. The van der Waals surface area contributed by atoms with Gasteiger partial charge in [-0.2, -0.15) is 9.40 Å². The molecule has 1 unspecified atom stereocenters. The molecule has 0 saturated carbocycles. The fourth-order valence-corrected chi connectivity index (χ4v) is 2.44. The van der Waals surface area contributed by atoms with Gasteiger partial charge in [-0.05, 0) is 6.92 Å². The van der Waals surface area contributed by atoms with E-state index in [0.29, 0.717) is 0 Å². The van der Waals surface area contributed by atoms with Crippen LogP contribution in [0.1, 0.15) is 6.92 Å². The maximum absolute atomic E-state index is 12.0. The number of likely N-dealkylation sites (N-methyl/N-ethyl adjacent to an activating group) is 1. The van der Waals surface area contributed by atoms with Crippen LogP contribution in [0, 0.1) is 0 Å². The van der Waals surface area contributed by atoms with Gasteiger partial charge in [0, 0.05) is 32.9 Å². The first kappa shape index (κ1) is 15.4. The quantitative estimate of drug-likeness (QED) is 0.821. The number of halogens is 1. The standard InChI is InChI=1S/C8H16N4O2S.ClH/c1-7(4-9)12(3)15(13,14)8-5-10-11(2)6-8;/h5-7H,4,9H2,1-3H3;1H. The summed E-state index contributed by atoms with van der Waals surface area (Å²) < 4.78 is 26.6. The molecule has 1 rings (SSSR count). The highest BCUT2D eigenvalue weighted by Gasteiger charge is 2.25. The molecule has 0 aromatic carbocycles. The minimum Gasteiger partial charge on any atom is -0.329 e. The van der Waals surface area contributed by atoms with Gasteiger partial charge in [0.25, 0.3) is 0 Å². The van der Waals surface area contributed by atoms with Crippen molar-refractivity contribution in [3.8, 4) is 0 Å². The van der Waals surface area contributed by atoms with Crippen LogP contribution < -0.4 is 5.73 Å². The van der Waals surface area contributed by atoms with Gasteiger partial charge in [0.1, 0.15) is 4.90 Å². The van der Waals surface area contributed by atoms with Gasteiger partial charge in [-0.1, -0.05) is 0 Å². The van der Waals surface area contributed by atoms with E-state index in [1.807, 2.05) is 0 Å². The largest absolute Gasteiger partial charge is 0.329 e. The summed E-state index contributed by atoms with van der Waals surface area (Å²) in [7, 11) is -0.274. The Hall–Kier alpha value is -0.630. The van der Waals surface area contributed by atoms with E-state index in [9.17, 15) is 8.42 Å². The summed E-state index contributed by atoms with van der Waals surface area (Å²) in [6.45, 7) is 2.05. The smallest absolute Gasteiger partial charge is 0.246 e. The van der Waals surface area contributed by atoms with Gasteiger partial charge in [0.2, 0.25) is 10.0 Å². The Balaban J connectivity index is 0.00000225. The highest BCUT2D eigenvalue weighted by Crippen LogP contribution is 2.14. The molecular formula is C8H17ClN4O2S. The average Bonchev–Trinajstić information content (AvgIpc) is 2.63. The van der Waals surface area contributed by atoms with Crippen molar-refractivity contribution in [1.29, 1.82) is 0 Å². The predicted molar refractivity (Wildman–Crippen MR) is 63.9 cm³/mol. The van der Waals surface area contributed by atoms with E-state index in [4.69, 9.17) is 5.73 Å². The van der Waals surface area contributed by atoms with Crippen LogP contribution in [0.5, 0.6) is 0 Å². The third-order valence-electron chi connectivity index (χ3n) is 2.32. The molecule has 1 heterocycles. The summed E-state index contributed by atoms with van der Waals surface area (Å²) in [6, 6.07) is -0.227. The van der Waals surface area contributed by atoms with Crippen molar-refractivity contribution in [3.05, 3.63) is 12.4 Å². The van der Waals surface area contributed by atoms with Crippen molar-refractivity contribution in [3.63, 3.8) is 0 Å². The van der Waals surface area contributed by atoms with E-state index < -0.39 is 10.0 Å². The molecule has 0 spiro atoms. The molecule has 0 amide bonds. The zero-order valence-corrected chi connectivity index (χ0v) is 11.1. The lowest BCUT2D eigenvalue weighted by Crippen LogP contribution is -2.39. The highest BCUT2D eigenvalue weighted by atomic mass is 35.5. The van der Waals surface area contributed by atoms with Crippen LogP contribution >= 0.6 is 12.4 Å². The van der Waals surface area contributed by atoms with E-state index >= 15 is 0 Å². The number of sulfonamides is 1. The van der Waals surface area contributed by atoms with Gasteiger partial charge in [0.15, 0.2) is 0 Å². The molecule has 94 valence electrons. The number of rotatable bonds is 4. The van der Waals surface area contributed by atoms with Crippen LogP contribution in [0.15, 0.2) is 17.3 Å². The second-order valence-corrected chi connectivity index (χ2v) is 5.45. The molecular weight excluding hydrogens is 252 g/mol. The van der Waals surface area contributed by atoms with Crippen LogP contribution in [-0.2, 0) is 17.1 Å². The monoisotopic (exact) mass is 268 g/mol. The van der Waals surface area contributed by atoms with Crippen molar-refractivity contribution in [2.24, 2.45) is 12.8 Å². The average molecular weight is 269 g/mol. The lowest BCUT2D eigenvalue weighted by Gasteiger charge is -2.21. The van der Waals surface area contributed by atoms with Crippen LogP contribution in [0.25, 0.3) is 0 Å². The zero-order valence-electron chi connectivity index (χ0n) is 9.49. The lowest BCUT2D eigenvalue weighted by molar-refractivity contribution is 0.394. The van der Waals surface area contributed by atoms with Crippen molar-refractivity contribution in [2.75, 3.05) is 13.6 Å². The molecule has 0 bridgehead atoms. The van der Waals surface area contributed by atoms with E-state index in [1.54, 1.807) is 14.0 Å². The van der Waals surface area contributed by atoms with Crippen LogP contribution in [0.2, 0.25) is 0 Å². The third-order valence-corrected chi connectivity index (χ3v) is 4.24. The molecule has 1 aromatic heterocycles. The molecule has 8 heteroatoms. The first-order chi connectivity index (χ1) is 6.89. The van der Waals surface area contributed by atoms with Crippen LogP contribution in [0.3, 0.4) is 0 Å². The maximum Gasteiger partial charge on any atom is 0.246 e. The number of hydrogen-bond donors (Lipinski definition) is 1. The van der Waals surface area contributed by atoms with Gasteiger partial charge < -0.3 is 5.73 Å². The normalized spacial score (nSPS) is 13.6. The summed E-state index contributed by atoms with van der Waals surface area (Å²) in [5, 5.41) is 3.83. The van der Waals surface area contributed by atoms with Gasteiger partial charge in [-0.3, -0.25) is 4.68 Å². The lowest BCUT2D eigenvalue weighted by atomic mass is 10.4. The molecule has 0 fully saturated rings. The number of nitrogens with zero attached hydrogens (tertiary/aromatic N) is 3. The molecule has 1 aromatic rings. The molecule has 1 atom stereocenters. The fourth-order valence-electron chi connectivity index (χ4n) is 1.08. The Morgan fingerprint density at radius 3 is 2.56 bits per heavy atom. The SMILES string of the molecule is CC(CN)N(C)S(=O)(=O)c1cnn(C)c1.Cl. The zero-order chi connectivity index (χ0) is 11.6. The summed E-state index contributed by atoms with van der Waals surface area (Å²) in [5.41, 5.74) is 5.43. The van der Waals surface area contributed by atoms with Crippen LogP contribution in [-0.4, -0.2) is 42.1 Å². The first-order valence-electron chi connectivity index (χ1n) is 4.56. The van der Waals surface area contributed by atoms with Crippen molar-refractivity contribution >= 4 is 22.4 Å². The number of aromatic nitrogens is 2. The summed E-state index contributed by atoms with van der Waals surface area (Å²) in [5.74, 6) is 0. The Morgan fingerprint density at radius 2 is 2.19 bits per heavy atom. The molecule has 0 aliphatic rings. The Labute approximate surface area is 102 Å². The number of hydrogen-bond acceptors (Lipinski definition) is 4. The third kappa shape index (κ3) is 2.94. The Morgan fingerprint density at radius 1 is 1.62 bits per heavy atom. The predicted octanol–water partition coefficient (Wildman–Crippen LogP) is -0.190. The second kappa shape index (κ2) is 5.62. The van der Waals surface area contributed by atoms with E-state index in [2.05, 4.69) is 5.10 Å². The summed E-state index contributed by atoms with van der Waals surface area (Å²) in [4.78, 5) is 0.188. The Bertz CT molecular complexity index is 431. The first-order valence-corrected chi connectivity index (χ1v) is 6.00. The molecule has 6 nitrogen and oxygen atoms in total. The summed E-state index contributed by atoms with van der Waals surface area (Å²) in [6.07, 6.45) is 2.80. The van der Waals surface area contributed by atoms with Crippen molar-refractivity contribution in [1.82, 2.24) is 14.1 Å². The van der Waals surface area contributed by atoms with E-state index in [0.717, 1.165) is 0 Å². The molecule has 0 aliphatic carbocycles. The molecule has 2 N–H and O–H groups in total. The second-order valence-electron chi connectivity index (χ2n) is 3.46. The van der Waals surface area contributed by atoms with Crippen molar-refractivity contribution in [2.45, 2.75) is 17.9 Å². The van der Waals surface area contributed by atoms with E-state index in [-0.39, 0.29) is 29.9 Å². The van der Waals surface area contributed by atoms with Gasteiger partial charge in [-0.15, -0.1) is 12.4 Å². The van der Waals surface area contributed by atoms with Crippen molar-refractivity contribution < 1.29 is 8.42 Å². The fraction of sp³-hybridized carbons (Fsp3) is 0.625. The Kier molecular flexibility index (Phi) is 5.40. The highest BCUT2D eigenvalue weighted by molar-refractivity contribution is 7.89. The molecule has 0 saturated heterocycles. The van der Waals surface area contributed by atoms with Crippen LogP contribution in [0.4, 0.5) is 0 Å². The minimum atomic E-state index is -3.46. The number of nitrogens with two attached hydrogens (primary N) is 1. The van der Waals surface area contributed by atoms with E-state index in [1.165, 1.54) is 28.4 Å². The number of aryl methyl sites for hydroxylation is 1. The summed E-state index contributed by atoms with van der Waals surface area (Å²) >= 11 is 0. The van der Waals surface area contributed by atoms with Gasteiger partial charge in [-0.25, -0.2) is 8.42 Å². The molecule has 16 heavy (non-hydrogen) atoms. The maximum atomic E-state index is 12.0. The topological polar surface area (TPSA) is 81.2 Å². The molecule has 0 aliphatic heterocycles.